The Morgan fingerprint density at radius 3 is 2.35 bits per heavy atom. The Morgan fingerprint density at radius 2 is 1.74 bits per heavy atom. The van der Waals surface area contributed by atoms with E-state index in [9.17, 15) is 14.4 Å². The van der Waals surface area contributed by atoms with Gasteiger partial charge in [0.05, 0.1) is 6.54 Å². The quantitative estimate of drug-likeness (QED) is 0.433. The van der Waals surface area contributed by atoms with Gasteiger partial charge in [0.25, 0.3) is 5.91 Å². The van der Waals surface area contributed by atoms with Gasteiger partial charge >= 0.3 is 12.0 Å². The van der Waals surface area contributed by atoms with Gasteiger partial charge in [0.1, 0.15) is 6.04 Å². The Morgan fingerprint density at radius 1 is 1.09 bits per heavy atom. The van der Waals surface area contributed by atoms with Gasteiger partial charge in [-0.05, 0) is 68.4 Å². The van der Waals surface area contributed by atoms with E-state index in [0.29, 0.717) is 22.2 Å². The molecular formula is C23H24Cl2N4O4S. The number of hydrogen-bond donors (Lipinski definition) is 1. The van der Waals surface area contributed by atoms with Gasteiger partial charge in [-0.15, -0.1) is 0 Å². The van der Waals surface area contributed by atoms with Crippen LogP contribution in [0.15, 0.2) is 48.5 Å². The first-order valence-electron chi connectivity index (χ1n) is 10.7. The van der Waals surface area contributed by atoms with Gasteiger partial charge in [0.15, 0.2) is 12.2 Å². The largest absolute Gasteiger partial charge is 0.443 e. The summed E-state index contributed by atoms with van der Waals surface area (Å²) in [7, 11) is 1.87. The number of carbonyl (C=O) groups is 3. The SMILES string of the molecule is CN1CCCC1C(=O)OCN1C(=O)N(Cc2ccc(Cl)cc2)SC1NC(=O)c1ccc(Cl)cc1. The first-order chi connectivity index (χ1) is 16.3. The van der Waals surface area contributed by atoms with Crippen molar-refractivity contribution in [1.29, 1.82) is 0 Å². The molecule has 0 spiro atoms. The molecule has 2 atom stereocenters. The zero-order valence-corrected chi connectivity index (χ0v) is 20.8. The van der Waals surface area contributed by atoms with Gasteiger partial charge in [-0.3, -0.25) is 23.7 Å². The highest BCUT2D eigenvalue weighted by atomic mass is 35.5. The minimum Gasteiger partial charge on any atom is -0.443 e. The van der Waals surface area contributed by atoms with Crippen molar-refractivity contribution in [3.05, 3.63) is 69.7 Å². The fourth-order valence-electron chi connectivity index (χ4n) is 3.79. The molecule has 3 amide bonds. The van der Waals surface area contributed by atoms with Crippen LogP contribution in [0.4, 0.5) is 4.79 Å². The van der Waals surface area contributed by atoms with Gasteiger partial charge in [0, 0.05) is 27.6 Å². The lowest BCUT2D eigenvalue weighted by Crippen LogP contribution is -2.47. The number of hydrogen-bond acceptors (Lipinski definition) is 6. The Labute approximate surface area is 212 Å². The van der Waals surface area contributed by atoms with Crippen molar-refractivity contribution in [1.82, 2.24) is 19.4 Å². The summed E-state index contributed by atoms with van der Waals surface area (Å²) in [5.41, 5.74) is 0.523. The zero-order chi connectivity index (χ0) is 24.2. The van der Waals surface area contributed by atoms with Gasteiger partial charge in [-0.1, -0.05) is 35.3 Å². The summed E-state index contributed by atoms with van der Waals surface area (Å²) in [6.07, 6.45) is 1.64. The number of urea groups is 1. The van der Waals surface area contributed by atoms with Crippen molar-refractivity contribution >= 4 is 53.1 Å². The molecule has 2 fully saturated rings. The van der Waals surface area contributed by atoms with Crippen molar-refractivity contribution in [2.75, 3.05) is 20.3 Å². The number of carbonyl (C=O) groups excluding carboxylic acids is 3. The number of nitrogens with one attached hydrogen (secondary N) is 1. The first kappa shape index (κ1) is 24.7. The van der Waals surface area contributed by atoms with Gasteiger partial charge in [-0.2, -0.15) is 0 Å². The third-order valence-corrected chi connectivity index (χ3v) is 7.32. The van der Waals surface area contributed by atoms with Crippen LogP contribution in [-0.2, 0) is 16.1 Å². The second-order valence-corrected chi connectivity index (χ2v) is 10.1. The molecule has 2 aliphatic heterocycles. The van der Waals surface area contributed by atoms with Crippen molar-refractivity contribution in [3.63, 3.8) is 0 Å². The molecule has 34 heavy (non-hydrogen) atoms. The molecule has 11 heteroatoms. The molecule has 4 rings (SSSR count). The van der Waals surface area contributed by atoms with E-state index in [1.165, 1.54) is 9.21 Å². The molecule has 0 saturated carbocycles. The highest BCUT2D eigenvalue weighted by molar-refractivity contribution is 7.98. The van der Waals surface area contributed by atoms with E-state index in [1.807, 2.05) is 24.1 Å². The molecule has 0 aliphatic carbocycles. The number of esters is 1. The molecule has 0 radical (unpaired) electrons. The lowest BCUT2D eigenvalue weighted by molar-refractivity contribution is -0.152. The topological polar surface area (TPSA) is 82.2 Å². The molecular weight excluding hydrogens is 499 g/mol. The summed E-state index contributed by atoms with van der Waals surface area (Å²) in [5.74, 6) is -0.751. The number of likely N-dealkylation sites (tertiary alicyclic amines) is 1. The summed E-state index contributed by atoms with van der Waals surface area (Å²) in [4.78, 5) is 41.8. The summed E-state index contributed by atoms with van der Waals surface area (Å²) in [6, 6.07) is 12.9. The number of halogens is 2. The number of ether oxygens (including phenoxy) is 1. The molecule has 2 aromatic carbocycles. The highest BCUT2D eigenvalue weighted by Gasteiger charge is 2.41. The number of amides is 3. The Bertz CT molecular complexity index is 1050. The smallest absolute Gasteiger partial charge is 0.335 e. The summed E-state index contributed by atoms with van der Waals surface area (Å²) < 4.78 is 7.02. The van der Waals surface area contributed by atoms with Crippen molar-refractivity contribution < 1.29 is 19.1 Å². The van der Waals surface area contributed by atoms with Gasteiger partial charge in [-0.25, -0.2) is 4.79 Å². The second kappa shape index (κ2) is 10.9. The molecule has 2 heterocycles. The number of nitrogens with zero attached hydrogens (tertiary/aromatic N) is 3. The lowest BCUT2D eigenvalue weighted by Gasteiger charge is -2.24. The Hall–Kier alpha value is -2.46. The van der Waals surface area contributed by atoms with Crippen LogP contribution in [-0.4, -0.2) is 63.9 Å². The lowest BCUT2D eigenvalue weighted by atomic mass is 10.2. The van der Waals surface area contributed by atoms with Crippen LogP contribution in [0.5, 0.6) is 0 Å². The predicted octanol–water partition coefficient (Wildman–Crippen LogP) is 4.19. The molecule has 2 aliphatic rings. The fraction of sp³-hybridized carbons (Fsp3) is 0.348. The summed E-state index contributed by atoms with van der Waals surface area (Å²) >= 11 is 13.0. The van der Waals surface area contributed by atoms with Crippen molar-refractivity contribution in [3.8, 4) is 0 Å². The van der Waals surface area contributed by atoms with Gasteiger partial charge in [0.2, 0.25) is 0 Å². The Kier molecular flexibility index (Phi) is 7.88. The molecule has 0 bridgehead atoms. The number of rotatable bonds is 7. The average molecular weight is 523 g/mol. The zero-order valence-electron chi connectivity index (χ0n) is 18.4. The number of benzene rings is 2. The predicted molar refractivity (Wildman–Crippen MR) is 131 cm³/mol. The normalized spacial score (nSPS) is 20.6. The molecule has 8 nitrogen and oxygen atoms in total. The molecule has 2 unspecified atom stereocenters. The van der Waals surface area contributed by atoms with Crippen LogP contribution in [0.3, 0.4) is 0 Å². The average Bonchev–Trinajstić information content (AvgIpc) is 3.37. The van der Waals surface area contributed by atoms with Gasteiger partial charge < -0.3 is 10.1 Å². The van der Waals surface area contributed by atoms with Crippen LogP contribution in [0.25, 0.3) is 0 Å². The van der Waals surface area contributed by atoms with Crippen LogP contribution < -0.4 is 5.32 Å². The fourth-order valence-corrected chi connectivity index (χ4v) is 5.12. The minimum atomic E-state index is -0.753. The minimum absolute atomic E-state index is 0.266. The van der Waals surface area contributed by atoms with Crippen molar-refractivity contribution in [2.24, 2.45) is 0 Å². The monoisotopic (exact) mass is 522 g/mol. The summed E-state index contributed by atoms with van der Waals surface area (Å²) in [5, 5.41) is 3.96. The molecule has 2 saturated heterocycles. The maximum Gasteiger partial charge on any atom is 0.335 e. The maximum atomic E-state index is 13.2. The third kappa shape index (κ3) is 5.78. The van der Waals surface area contributed by atoms with E-state index >= 15 is 0 Å². The maximum absolute atomic E-state index is 13.2. The molecule has 0 aromatic heterocycles. The summed E-state index contributed by atoms with van der Waals surface area (Å²) in [6.45, 7) is 0.856. The second-order valence-electron chi connectivity index (χ2n) is 8.08. The van der Waals surface area contributed by atoms with E-state index in [0.717, 1.165) is 36.9 Å². The molecule has 2 aromatic rings. The molecule has 180 valence electrons. The third-order valence-electron chi connectivity index (χ3n) is 5.71. The van der Waals surface area contributed by atoms with E-state index in [4.69, 9.17) is 27.9 Å². The van der Waals surface area contributed by atoms with Crippen LogP contribution in [0.2, 0.25) is 10.0 Å². The van der Waals surface area contributed by atoms with E-state index < -0.39 is 5.50 Å². The highest BCUT2D eigenvalue weighted by Crippen LogP contribution is 2.32. The standard InChI is InChI=1S/C23H24Cl2N4O4S/c1-27-12-2-3-19(27)21(31)33-14-28-22(26-20(30)16-6-10-18(25)11-7-16)34-29(23(28)32)13-15-4-8-17(24)9-5-15/h4-11,19,22H,2-3,12-14H2,1H3,(H,26,30). The Balaban J connectivity index is 1.47. The van der Waals surface area contributed by atoms with Crippen LogP contribution in [0.1, 0.15) is 28.8 Å². The number of likely N-dealkylation sites (N-methyl/N-ethyl adjacent to an activating group) is 1. The van der Waals surface area contributed by atoms with Crippen molar-refractivity contribution in [2.45, 2.75) is 30.9 Å². The van der Waals surface area contributed by atoms with E-state index in [1.54, 1.807) is 36.4 Å². The molecule has 1 N–H and O–H groups in total. The first-order valence-corrected chi connectivity index (χ1v) is 12.3. The van der Waals surface area contributed by atoms with Crippen LogP contribution >= 0.6 is 35.1 Å². The van der Waals surface area contributed by atoms with E-state index in [-0.39, 0.29) is 30.7 Å². The van der Waals surface area contributed by atoms with E-state index in [2.05, 4.69) is 5.32 Å². The van der Waals surface area contributed by atoms with Crippen LogP contribution in [0, 0.1) is 0 Å².